The van der Waals surface area contributed by atoms with Gasteiger partial charge in [0.25, 0.3) is 5.56 Å². The third-order valence-electron chi connectivity index (χ3n) is 4.41. The summed E-state index contributed by atoms with van der Waals surface area (Å²) < 4.78 is 9.41. The fraction of sp³-hybridized carbons (Fsp3) is 0.150. The number of benzene rings is 1. The first-order valence-electron chi connectivity index (χ1n) is 8.31. The highest BCUT2D eigenvalue weighted by Gasteiger charge is 2.18. The average Bonchev–Trinajstić information content (AvgIpc) is 3.07. The van der Waals surface area contributed by atoms with Gasteiger partial charge < -0.3 is 4.74 Å². The van der Waals surface area contributed by atoms with Crippen molar-refractivity contribution >= 4 is 16.8 Å². The Balaban J connectivity index is 2.09. The number of pyridine rings is 1. The van der Waals surface area contributed by atoms with E-state index in [1.165, 1.54) is 4.57 Å². The second-order valence-electron chi connectivity index (χ2n) is 6.03. The van der Waals surface area contributed by atoms with E-state index in [-0.39, 0.29) is 13.1 Å². The van der Waals surface area contributed by atoms with Crippen LogP contribution < -0.4 is 16.0 Å². The zero-order valence-corrected chi connectivity index (χ0v) is 14.6. The SMILES string of the molecule is C#CCn1c(=O)c2c(nc3cc(OC)ccn32)n(Cc2ccccc2)c1=O. The number of imidazole rings is 1. The zero-order valence-electron chi connectivity index (χ0n) is 14.6. The molecule has 0 aliphatic heterocycles. The summed E-state index contributed by atoms with van der Waals surface area (Å²) in [6.07, 6.45) is 7.07. The van der Waals surface area contributed by atoms with Gasteiger partial charge in [-0.25, -0.2) is 14.3 Å². The van der Waals surface area contributed by atoms with Crippen LogP contribution in [0.4, 0.5) is 0 Å². The quantitative estimate of drug-likeness (QED) is 0.517. The minimum Gasteiger partial charge on any atom is -0.497 e. The van der Waals surface area contributed by atoms with Crippen LogP contribution in [0.3, 0.4) is 0 Å². The van der Waals surface area contributed by atoms with Gasteiger partial charge in [-0.05, 0) is 11.6 Å². The number of hydrogen-bond donors (Lipinski definition) is 0. The molecule has 0 saturated heterocycles. The van der Waals surface area contributed by atoms with E-state index >= 15 is 0 Å². The molecule has 7 heteroatoms. The van der Waals surface area contributed by atoms with Gasteiger partial charge in [-0.1, -0.05) is 36.3 Å². The van der Waals surface area contributed by atoms with Gasteiger partial charge in [-0.15, -0.1) is 6.42 Å². The minimum atomic E-state index is -0.482. The molecule has 3 aromatic heterocycles. The number of fused-ring (bicyclic) bond motifs is 3. The summed E-state index contributed by atoms with van der Waals surface area (Å²) in [6, 6.07) is 12.9. The minimum absolute atomic E-state index is 0.105. The first kappa shape index (κ1) is 16.7. The summed E-state index contributed by atoms with van der Waals surface area (Å²) in [4.78, 5) is 30.4. The van der Waals surface area contributed by atoms with E-state index in [9.17, 15) is 9.59 Å². The fourth-order valence-electron chi connectivity index (χ4n) is 3.12. The van der Waals surface area contributed by atoms with E-state index in [1.54, 1.807) is 29.8 Å². The summed E-state index contributed by atoms with van der Waals surface area (Å²) in [5.41, 5.74) is 1.11. The van der Waals surface area contributed by atoms with Crippen LogP contribution in [-0.2, 0) is 13.1 Å². The van der Waals surface area contributed by atoms with Crippen molar-refractivity contribution in [3.8, 4) is 18.1 Å². The molecule has 0 atom stereocenters. The van der Waals surface area contributed by atoms with E-state index in [0.29, 0.717) is 22.6 Å². The molecule has 0 fully saturated rings. The van der Waals surface area contributed by atoms with Gasteiger partial charge in [0.15, 0.2) is 11.2 Å². The van der Waals surface area contributed by atoms with Crippen LogP contribution in [-0.4, -0.2) is 25.6 Å². The van der Waals surface area contributed by atoms with E-state index < -0.39 is 11.2 Å². The molecule has 0 amide bonds. The third kappa shape index (κ3) is 2.68. The van der Waals surface area contributed by atoms with Crippen molar-refractivity contribution in [2.45, 2.75) is 13.1 Å². The first-order chi connectivity index (χ1) is 13.1. The van der Waals surface area contributed by atoms with E-state index in [4.69, 9.17) is 11.2 Å². The lowest BCUT2D eigenvalue weighted by molar-refractivity contribution is 0.414. The lowest BCUT2D eigenvalue weighted by Crippen LogP contribution is -2.40. The van der Waals surface area contributed by atoms with Gasteiger partial charge in [0, 0.05) is 12.3 Å². The zero-order chi connectivity index (χ0) is 19.0. The van der Waals surface area contributed by atoms with Crippen LogP contribution in [0, 0.1) is 12.3 Å². The Bertz CT molecular complexity index is 1310. The number of nitrogens with zero attached hydrogens (tertiary/aromatic N) is 4. The number of aromatic nitrogens is 4. The van der Waals surface area contributed by atoms with Crippen molar-refractivity contribution < 1.29 is 4.74 Å². The van der Waals surface area contributed by atoms with Gasteiger partial charge in [0.2, 0.25) is 0 Å². The number of rotatable bonds is 4. The summed E-state index contributed by atoms with van der Waals surface area (Å²) in [6.45, 7) is 0.174. The van der Waals surface area contributed by atoms with Crippen molar-refractivity contribution in [2.24, 2.45) is 0 Å². The molecule has 7 nitrogen and oxygen atoms in total. The number of methoxy groups -OCH3 is 1. The summed E-state index contributed by atoms with van der Waals surface area (Å²) >= 11 is 0. The summed E-state index contributed by atoms with van der Waals surface area (Å²) in [7, 11) is 1.56. The standard InChI is InChI=1S/C20H16N4O3/c1-3-10-23-19(25)17-18(21-16-12-15(27-2)9-11-22(16)17)24(20(23)26)13-14-7-5-4-6-8-14/h1,4-9,11-12H,10,13H2,2H3. The third-order valence-corrected chi connectivity index (χ3v) is 4.41. The Morgan fingerprint density at radius 2 is 1.93 bits per heavy atom. The van der Waals surface area contributed by atoms with Crippen LogP contribution in [0.15, 0.2) is 58.3 Å². The molecule has 0 aliphatic carbocycles. The van der Waals surface area contributed by atoms with Gasteiger partial charge in [0.1, 0.15) is 11.4 Å². The second-order valence-corrected chi connectivity index (χ2v) is 6.03. The number of ether oxygens (including phenoxy) is 1. The predicted octanol–water partition coefficient (Wildman–Crippen LogP) is 1.50. The topological polar surface area (TPSA) is 70.5 Å². The molecule has 0 radical (unpaired) electrons. The Morgan fingerprint density at radius 1 is 1.15 bits per heavy atom. The van der Waals surface area contributed by atoms with Crippen LogP contribution in [0.2, 0.25) is 0 Å². The van der Waals surface area contributed by atoms with Gasteiger partial charge in [-0.2, -0.15) is 0 Å². The van der Waals surface area contributed by atoms with Crippen LogP contribution in [0.25, 0.3) is 16.8 Å². The monoisotopic (exact) mass is 360 g/mol. The predicted molar refractivity (Wildman–Crippen MR) is 102 cm³/mol. The molecule has 0 N–H and O–H groups in total. The highest BCUT2D eigenvalue weighted by Crippen LogP contribution is 2.18. The molecular formula is C20H16N4O3. The molecule has 134 valence electrons. The Labute approximate surface area is 154 Å². The van der Waals surface area contributed by atoms with Gasteiger partial charge in [0.05, 0.1) is 20.2 Å². The maximum Gasteiger partial charge on any atom is 0.333 e. The Hall–Kier alpha value is -3.79. The van der Waals surface area contributed by atoms with Crippen molar-refractivity contribution in [3.63, 3.8) is 0 Å². The van der Waals surface area contributed by atoms with Crippen LogP contribution >= 0.6 is 0 Å². The molecule has 0 saturated carbocycles. The molecule has 0 unspecified atom stereocenters. The maximum absolute atomic E-state index is 13.0. The molecular weight excluding hydrogens is 344 g/mol. The maximum atomic E-state index is 13.0. The molecule has 4 rings (SSSR count). The van der Waals surface area contributed by atoms with E-state index in [2.05, 4.69) is 10.9 Å². The van der Waals surface area contributed by atoms with E-state index in [1.807, 2.05) is 30.3 Å². The Kier molecular flexibility index (Phi) is 4.01. The highest BCUT2D eigenvalue weighted by atomic mass is 16.5. The molecule has 0 aliphatic rings. The lowest BCUT2D eigenvalue weighted by Gasteiger charge is -2.10. The van der Waals surface area contributed by atoms with Crippen molar-refractivity contribution in [2.75, 3.05) is 7.11 Å². The highest BCUT2D eigenvalue weighted by molar-refractivity contribution is 5.77. The van der Waals surface area contributed by atoms with Gasteiger partial charge >= 0.3 is 5.69 Å². The average molecular weight is 360 g/mol. The summed E-state index contributed by atoms with van der Waals surface area (Å²) in [5.74, 6) is 2.99. The Morgan fingerprint density at radius 3 is 2.63 bits per heavy atom. The molecule has 1 aromatic carbocycles. The fourth-order valence-corrected chi connectivity index (χ4v) is 3.12. The second kappa shape index (κ2) is 6.50. The van der Waals surface area contributed by atoms with E-state index in [0.717, 1.165) is 10.1 Å². The molecule has 3 heterocycles. The number of terminal acetylenes is 1. The van der Waals surface area contributed by atoms with Crippen LogP contribution in [0.5, 0.6) is 5.75 Å². The van der Waals surface area contributed by atoms with Crippen molar-refractivity contribution in [1.82, 2.24) is 18.5 Å². The summed E-state index contributed by atoms with van der Waals surface area (Å²) in [5, 5.41) is 0. The van der Waals surface area contributed by atoms with Crippen LogP contribution in [0.1, 0.15) is 5.56 Å². The smallest absolute Gasteiger partial charge is 0.333 e. The molecule has 0 spiro atoms. The normalized spacial score (nSPS) is 11.0. The van der Waals surface area contributed by atoms with Crippen molar-refractivity contribution in [3.05, 3.63) is 75.1 Å². The van der Waals surface area contributed by atoms with Gasteiger partial charge in [-0.3, -0.25) is 13.8 Å². The largest absolute Gasteiger partial charge is 0.497 e. The molecule has 0 bridgehead atoms. The first-order valence-corrected chi connectivity index (χ1v) is 8.31. The molecule has 4 aromatic rings. The lowest BCUT2D eigenvalue weighted by atomic mass is 10.2. The van der Waals surface area contributed by atoms with Crippen molar-refractivity contribution in [1.29, 1.82) is 0 Å². The molecule has 27 heavy (non-hydrogen) atoms. The number of hydrogen-bond acceptors (Lipinski definition) is 4.